The van der Waals surface area contributed by atoms with E-state index < -0.39 is 0 Å². The van der Waals surface area contributed by atoms with Crippen LogP contribution in [-0.4, -0.2) is 30.1 Å². The Bertz CT molecular complexity index is 1030. The molecule has 1 aromatic heterocycles. The van der Waals surface area contributed by atoms with Crippen molar-refractivity contribution in [2.45, 2.75) is 33.3 Å². The van der Waals surface area contributed by atoms with Gasteiger partial charge in [0.15, 0.2) is 0 Å². The van der Waals surface area contributed by atoms with Crippen molar-refractivity contribution in [3.05, 3.63) is 70.2 Å². The number of aromatic nitrogens is 1. The Balaban J connectivity index is 1.36. The molecule has 1 amide bonds. The zero-order chi connectivity index (χ0) is 22.8. The van der Waals surface area contributed by atoms with Gasteiger partial charge in [-0.1, -0.05) is 18.2 Å². The summed E-state index contributed by atoms with van der Waals surface area (Å²) in [7, 11) is 0. The number of aryl methyl sites for hydroxylation is 1. The van der Waals surface area contributed by atoms with Crippen LogP contribution in [0.1, 0.15) is 29.6 Å². The predicted octanol–water partition coefficient (Wildman–Crippen LogP) is 4.54. The highest BCUT2D eigenvalue weighted by atomic mass is 32.1. The predicted molar refractivity (Wildman–Crippen MR) is 123 cm³/mol. The van der Waals surface area contributed by atoms with Gasteiger partial charge in [-0.15, -0.1) is 11.3 Å². The van der Waals surface area contributed by atoms with Gasteiger partial charge in [0, 0.05) is 11.1 Å². The first-order chi connectivity index (χ1) is 15.5. The quantitative estimate of drug-likeness (QED) is 0.428. The van der Waals surface area contributed by atoms with Crippen LogP contribution in [0.4, 0.5) is 5.69 Å². The van der Waals surface area contributed by atoms with Gasteiger partial charge in [-0.2, -0.15) is 0 Å². The van der Waals surface area contributed by atoms with Crippen LogP contribution in [0.15, 0.2) is 53.9 Å². The van der Waals surface area contributed by atoms with Crippen LogP contribution in [0.25, 0.3) is 0 Å². The number of carbonyl (C=O) groups is 2. The second-order valence-electron chi connectivity index (χ2n) is 6.94. The first kappa shape index (κ1) is 23.3. The monoisotopic (exact) mass is 454 g/mol. The molecule has 168 valence electrons. The van der Waals surface area contributed by atoms with E-state index in [1.165, 1.54) is 11.3 Å². The Hall–Kier alpha value is -3.39. The molecule has 0 atom stereocenters. The van der Waals surface area contributed by atoms with Crippen LogP contribution in [0, 0.1) is 6.92 Å². The number of nitrogens with zero attached hydrogens (tertiary/aromatic N) is 1. The molecule has 3 rings (SSSR count). The molecule has 32 heavy (non-hydrogen) atoms. The van der Waals surface area contributed by atoms with Crippen molar-refractivity contribution in [2.24, 2.45) is 0 Å². The highest BCUT2D eigenvalue weighted by molar-refractivity contribution is 7.09. The summed E-state index contributed by atoms with van der Waals surface area (Å²) in [5.41, 5.74) is 2.41. The van der Waals surface area contributed by atoms with Crippen molar-refractivity contribution in [3.63, 3.8) is 0 Å². The molecule has 0 saturated carbocycles. The highest BCUT2D eigenvalue weighted by Crippen LogP contribution is 2.18. The maximum Gasteiger partial charge on any atom is 0.309 e. The molecule has 0 aliphatic carbocycles. The van der Waals surface area contributed by atoms with E-state index in [1.807, 2.05) is 50.2 Å². The van der Waals surface area contributed by atoms with Crippen molar-refractivity contribution in [1.82, 2.24) is 4.98 Å². The number of rotatable bonds is 11. The molecular formula is C24H26N2O5S. The fourth-order valence-corrected chi connectivity index (χ4v) is 3.60. The first-order valence-electron chi connectivity index (χ1n) is 10.3. The van der Waals surface area contributed by atoms with E-state index in [0.29, 0.717) is 23.1 Å². The molecule has 0 unspecified atom stereocenters. The number of benzene rings is 2. The average molecular weight is 455 g/mol. The molecule has 7 nitrogen and oxygen atoms in total. The van der Waals surface area contributed by atoms with Crippen molar-refractivity contribution >= 4 is 28.9 Å². The number of para-hydroxylation sites is 1. The molecule has 0 aliphatic heterocycles. The van der Waals surface area contributed by atoms with Crippen LogP contribution >= 0.6 is 11.3 Å². The topological polar surface area (TPSA) is 86.8 Å². The second kappa shape index (κ2) is 11.9. The SMILES string of the molecule is CCOc1ccc(OCCC(=O)OCc2csc(CC(=O)Nc3ccccc3C)n2)cc1. The molecule has 1 heterocycles. The third kappa shape index (κ3) is 7.39. The first-order valence-corrected chi connectivity index (χ1v) is 11.2. The zero-order valence-corrected chi connectivity index (χ0v) is 18.9. The summed E-state index contributed by atoms with van der Waals surface area (Å²) in [6.45, 7) is 4.75. The molecule has 0 fully saturated rings. The maximum atomic E-state index is 12.2. The molecule has 0 spiro atoms. The van der Waals surface area contributed by atoms with E-state index >= 15 is 0 Å². The number of hydrogen-bond acceptors (Lipinski definition) is 7. The van der Waals surface area contributed by atoms with Gasteiger partial charge < -0.3 is 19.5 Å². The lowest BCUT2D eigenvalue weighted by Gasteiger charge is -2.08. The molecule has 0 saturated heterocycles. The van der Waals surface area contributed by atoms with Crippen LogP contribution in [0.3, 0.4) is 0 Å². The molecule has 0 radical (unpaired) electrons. The number of ether oxygens (including phenoxy) is 3. The molecule has 3 aromatic rings. The summed E-state index contributed by atoms with van der Waals surface area (Å²) < 4.78 is 16.2. The third-order valence-electron chi connectivity index (χ3n) is 4.42. The Morgan fingerprint density at radius 1 is 1.03 bits per heavy atom. The van der Waals surface area contributed by atoms with E-state index in [1.54, 1.807) is 17.5 Å². The van der Waals surface area contributed by atoms with E-state index in [4.69, 9.17) is 14.2 Å². The minimum atomic E-state index is -0.372. The number of anilines is 1. The number of esters is 1. The lowest BCUT2D eigenvalue weighted by atomic mass is 10.2. The number of hydrogen-bond donors (Lipinski definition) is 1. The van der Waals surface area contributed by atoms with E-state index in [2.05, 4.69) is 10.3 Å². The van der Waals surface area contributed by atoms with Crippen LogP contribution < -0.4 is 14.8 Å². The standard InChI is InChI=1S/C24H26N2O5S/c1-3-29-19-8-10-20(11-9-19)30-13-12-24(28)31-15-18-16-32-23(25-18)14-22(27)26-21-7-5-4-6-17(21)2/h4-11,16H,3,12-15H2,1-2H3,(H,26,27). The maximum absolute atomic E-state index is 12.2. The van der Waals surface area contributed by atoms with Crippen molar-refractivity contribution in [1.29, 1.82) is 0 Å². The summed E-state index contributed by atoms with van der Waals surface area (Å²) in [6, 6.07) is 14.8. The third-order valence-corrected chi connectivity index (χ3v) is 5.32. The van der Waals surface area contributed by atoms with Crippen molar-refractivity contribution in [3.8, 4) is 11.5 Å². The lowest BCUT2D eigenvalue weighted by Crippen LogP contribution is -2.15. The zero-order valence-electron chi connectivity index (χ0n) is 18.1. The summed E-state index contributed by atoms with van der Waals surface area (Å²) >= 11 is 1.37. The van der Waals surface area contributed by atoms with E-state index in [0.717, 1.165) is 17.0 Å². The average Bonchev–Trinajstić information content (AvgIpc) is 3.22. The molecule has 2 aromatic carbocycles. The fraction of sp³-hybridized carbons (Fsp3) is 0.292. The van der Waals surface area contributed by atoms with E-state index in [9.17, 15) is 9.59 Å². The smallest absolute Gasteiger partial charge is 0.309 e. The Labute approximate surface area is 191 Å². The second-order valence-corrected chi connectivity index (χ2v) is 7.88. The Morgan fingerprint density at radius 2 is 1.75 bits per heavy atom. The summed E-state index contributed by atoms with van der Waals surface area (Å²) in [4.78, 5) is 28.6. The van der Waals surface area contributed by atoms with Crippen molar-refractivity contribution < 1.29 is 23.8 Å². The summed E-state index contributed by atoms with van der Waals surface area (Å²) in [5.74, 6) is 0.926. The van der Waals surface area contributed by atoms with Gasteiger partial charge in [0.25, 0.3) is 0 Å². The van der Waals surface area contributed by atoms with Gasteiger partial charge in [0.1, 0.15) is 23.1 Å². The number of nitrogens with one attached hydrogen (secondary N) is 1. The minimum absolute atomic E-state index is 0.0673. The Morgan fingerprint density at radius 3 is 2.47 bits per heavy atom. The summed E-state index contributed by atoms with van der Waals surface area (Å²) in [6.07, 6.45) is 0.298. The molecular weight excluding hydrogens is 428 g/mol. The summed E-state index contributed by atoms with van der Waals surface area (Å²) in [5, 5.41) is 5.34. The van der Waals surface area contributed by atoms with Gasteiger partial charge in [0.05, 0.1) is 31.7 Å². The number of carbonyl (C=O) groups excluding carboxylic acids is 2. The molecule has 1 N–H and O–H groups in total. The van der Waals surface area contributed by atoms with Crippen LogP contribution in [-0.2, 0) is 27.4 Å². The van der Waals surface area contributed by atoms with Crippen molar-refractivity contribution in [2.75, 3.05) is 18.5 Å². The van der Waals surface area contributed by atoms with Gasteiger partial charge in [-0.25, -0.2) is 4.98 Å². The van der Waals surface area contributed by atoms with Gasteiger partial charge in [0.2, 0.25) is 5.91 Å². The lowest BCUT2D eigenvalue weighted by molar-refractivity contribution is -0.145. The van der Waals surface area contributed by atoms with Gasteiger partial charge in [-0.3, -0.25) is 9.59 Å². The minimum Gasteiger partial charge on any atom is -0.494 e. The largest absolute Gasteiger partial charge is 0.494 e. The van der Waals surface area contributed by atoms with Crippen LogP contribution in [0.5, 0.6) is 11.5 Å². The van der Waals surface area contributed by atoms with E-state index in [-0.39, 0.29) is 37.9 Å². The Kier molecular flexibility index (Phi) is 8.62. The number of amides is 1. The normalized spacial score (nSPS) is 10.4. The van der Waals surface area contributed by atoms with Crippen LogP contribution in [0.2, 0.25) is 0 Å². The molecule has 8 heteroatoms. The molecule has 0 bridgehead atoms. The number of thiazole rings is 1. The molecule has 0 aliphatic rings. The fourth-order valence-electron chi connectivity index (χ4n) is 2.82. The van der Waals surface area contributed by atoms with Gasteiger partial charge in [-0.05, 0) is 49.7 Å². The highest BCUT2D eigenvalue weighted by Gasteiger charge is 2.11. The van der Waals surface area contributed by atoms with Gasteiger partial charge >= 0.3 is 5.97 Å².